The van der Waals surface area contributed by atoms with Gasteiger partial charge in [0.1, 0.15) is 5.82 Å². The number of sulfonamides is 1. The van der Waals surface area contributed by atoms with Gasteiger partial charge in [-0.3, -0.25) is 14.5 Å². The largest absolute Gasteiger partial charge is 0.481 e. The third-order valence-electron chi connectivity index (χ3n) is 8.30. The fourth-order valence-electron chi connectivity index (χ4n) is 6.38. The number of carbonyl (C=O) groups is 2. The van der Waals surface area contributed by atoms with Crippen molar-refractivity contribution in [2.75, 3.05) is 37.6 Å². The number of aliphatic carboxylic acids is 1. The van der Waals surface area contributed by atoms with Crippen molar-refractivity contribution in [3.63, 3.8) is 0 Å². The van der Waals surface area contributed by atoms with Crippen LogP contribution in [0.2, 0.25) is 0 Å². The Morgan fingerprint density at radius 2 is 1.81 bits per heavy atom. The number of nitrogens with one attached hydrogen (secondary N) is 1. The Kier molecular flexibility index (Phi) is 10.7. The van der Waals surface area contributed by atoms with E-state index in [1.54, 1.807) is 36.1 Å². The summed E-state index contributed by atoms with van der Waals surface area (Å²) in [7, 11) is -3.50. The van der Waals surface area contributed by atoms with Crippen LogP contribution in [0.1, 0.15) is 63.0 Å². The van der Waals surface area contributed by atoms with Gasteiger partial charge in [0.05, 0.1) is 18.7 Å². The normalized spacial score (nSPS) is 20.1. The third-order valence-corrected chi connectivity index (χ3v) is 9.03. The summed E-state index contributed by atoms with van der Waals surface area (Å²) in [5.74, 6) is -1.86. The van der Waals surface area contributed by atoms with Gasteiger partial charge in [-0.05, 0) is 67.6 Å². The monoisotopic (exact) mass is 619 g/mol. The molecular formula is C31H42FN3O7S. The lowest BCUT2D eigenvalue weighted by atomic mass is 9.84. The predicted molar refractivity (Wildman–Crippen MR) is 161 cm³/mol. The highest BCUT2D eigenvalue weighted by atomic mass is 32.2. The zero-order chi connectivity index (χ0) is 31.3. The Labute approximate surface area is 253 Å². The second-order valence-electron chi connectivity index (χ2n) is 11.5. The minimum absolute atomic E-state index is 0.0288. The highest BCUT2D eigenvalue weighted by Crippen LogP contribution is 2.43. The highest BCUT2D eigenvalue weighted by molar-refractivity contribution is 7.88. The molecule has 0 saturated carbocycles. The molecule has 1 saturated heterocycles. The van der Waals surface area contributed by atoms with Crippen molar-refractivity contribution in [2.45, 2.75) is 70.9 Å². The number of ether oxygens (including phenoxy) is 2. The maximum Gasteiger partial charge on any atom is 0.308 e. The first kappa shape index (κ1) is 32.7. The zero-order valence-electron chi connectivity index (χ0n) is 25.2. The molecule has 4 rings (SSSR count). The summed E-state index contributed by atoms with van der Waals surface area (Å²) >= 11 is 0. The van der Waals surface area contributed by atoms with E-state index < -0.39 is 33.9 Å². The third kappa shape index (κ3) is 7.84. The predicted octanol–water partition coefficient (Wildman–Crippen LogP) is 4.27. The second-order valence-corrected chi connectivity index (χ2v) is 13.3. The molecule has 12 heteroatoms. The van der Waals surface area contributed by atoms with Crippen LogP contribution < -0.4 is 19.1 Å². The van der Waals surface area contributed by atoms with Crippen molar-refractivity contribution in [3.8, 4) is 11.5 Å². The van der Waals surface area contributed by atoms with Crippen LogP contribution in [0, 0.1) is 18.7 Å². The lowest BCUT2D eigenvalue weighted by molar-refractivity contribution is -0.143. The van der Waals surface area contributed by atoms with Crippen LogP contribution in [0.4, 0.5) is 10.1 Å². The fraction of sp³-hybridized carbons (Fsp3) is 0.548. The molecule has 0 aliphatic carbocycles. The lowest BCUT2D eigenvalue weighted by Gasteiger charge is -2.35. The van der Waals surface area contributed by atoms with Gasteiger partial charge in [-0.25, -0.2) is 17.5 Å². The van der Waals surface area contributed by atoms with Crippen LogP contribution >= 0.6 is 0 Å². The lowest BCUT2D eigenvalue weighted by Crippen LogP contribution is -2.48. The van der Waals surface area contributed by atoms with Crippen LogP contribution in [0.25, 0.3) is 0 Å². The van der Waals surface area contributed by atoms with Crippen LogP contribution in [-0.2, 0) is 19.6 Å². The van der Waals surface area contributed by atoms with Gasteiger partial charge < -0.3 is 19.5 Å². The van der Waals surface area contributed by atoms with E-state index in [1.807, 2.05) is 11.0 Å². The smallest absolute Gasteiger partial charge is 0.308 e. The molecule has 0 bridgehead atoms. The summed E-state index contributed by atoms with van der Waals surface area (Å²) in [6, 6.07) is 9.28. The number of benzene rings is 2. The molecule has 0 spiro atoms. The Morgan fingerprint density at radius 3 is 2.44 bits per heavy atom. The number of carbonyl (C=O) groups excluding carboxylic acids is 1. The summed E-state index contributed by atoms with van der Waals surface area (Å²) in [4.78, 5) is 30.6. The highest BCUT2D eigenvalue weighted by Gasteiger charge is 2.47. The van der Waals surface area contributed by atoms with Crippen LogP contribution in [0.3, 0.4) is 0 Å². The minimum Gasteiger partial charge on any atom is -0.481 e. The number of rotatable bonds is 14. The van der Waals surface area contributed by atoms with Gasteiger partial charge >= 0.3 is 5.97 Å². The van der Waals surface area contributed by atoms with E-state index in [0.29, 0.717) is 22.7 Å². The molecule has 2 aliphatic heterocycles. The van der Waals surface area contributed by atoms with Gasteiger partial charge in [-0.1, -0.05) is 32.8 Å². The summed E-state index contributed by atoms with van der Waals surface area (Å²) in [5.41, 5.74) is 1.78. The molecule has 1 amide bonds. The molecule has 0 unspecified atom stereocenters. The molecular weight excluding hydrogens is 577 g/mol. The van der Waals surface area contributed by atoms with Gasteiger partial charge in [0.15, 0.2) is 11.5 Å². The molecule has 2 aliphatic rings. The molecule has 2 heterocycles. The van der Waals surface area contributed by atoms with E-state index in [9.17, 15) is 27.5 Å². The van der Waals surface area contributed by atoms with Crippen LogP contribution in [0.15, 0.2) is 36.4 Å². The molecule has 2 aromatic carbocycles. The average molecular weight is 620 g/mol. The molecule has 236 valence electrons. The number of nitrogens with zero attached hydrogens (tertiary/aromatic N) is 2. The summed E-state index contributed by atoms with van der Waals surface area (Å²) in [5, 5.41) is 10.4. The van der Waals surface area contributed by atoms with Gasteiger partial charge in [-0.2, -0.15) is 0 Å². The first-order valence-electron chi connectivity index (χ1n) is 14.8. The van der Waals surface area contributed by atoms with Crippen molar-refractivity contribution in [1.29, 1.82) is 0 Å². The SMILES string of the molecule is CCCC(CCC)N(C(=O)CN1C[C@H](c2ccc3c(c2)OCO3)[C@@H](C(=O)O)[C@@H]1CCNS(C)(=O)=O)c1ccc(F)c(C)c1. The number of halogens is 1. The topological polar surface area (TPSA) is 125 Å². The number of carboxylic acid groups (broad SMARTS) is 1. The number of aryl methyl sites for hydroxylation is 1. The van der Waals surface area contributed by atoms with Crippen LogP contribution in [0.5, 0.6) is 11.5 Å². The number of carboxylic acids is 1. The van der Waals surface area contributed by atoms with Gasteiger partial charge in [-0.15, -0.1) is 0 Å². The van der Waals surface area contributed by atoms with Crippen LogP contribution in [-0.4, -0.2) is 75.1 Å². The van der Waals surface area contributed by atoms with E-state index >= 15 is 0 Å². The zero-order valence-corrected chi connectivity index (χ0v) is 26.0. The summed E-state index contributed by atoms with van der Waals surface area (Å²) in [6.45, 7) is 6.08. The Hall–Kier alpha value is -3.22. The maximum atomic E-state index is 14.2. The summed E-state index contributed by atoms with van der Waals surface area (Å²) < 4.78 is 51.3. The van der Waals surface area contributed by atoms with Gasteiger partial charge in [0.2, 0.25) is 22.7 Å². The Bertz CT molecular complexity index is 1410. The summed E-state index contributed by atoms with van der Waals surface area (Å²) in [6.07, 6.45) is 4.47. The standard InChI is InChI=1S/C31H42FN3O7S/c1-5-7-22(8-6-2)35(23-10-11-25(32)20(3)15-23)29(36)18-34-17-24(21-9-12-27-28(16-21)42-19-41-27)30(31(37)38)26(34)13-14-33-43(4,39)40/h9-12,15-16,22,24,26,30,33H,5-8,13-14,17-19H2,1-4H3,(H,37,38)/t24-,26+,30-/m1/s1. The number of fused-ring (bicyclic) bond motifs is 1. The minimum atomic E-state index is -3.50. The fourth-order valence-corrected chi connectivity index (χ4v) is 6.87. The van der Waals surface area contributed by atoms with E-state index in [0.717, 1.165) is 37.5 Å². The molecule has 43 heavy (non-hydrogen) atoms. The van der Waals surface area contributed by atoms with Gasteiger partial charge in [0, 0.05) is 36.8 Å². The molecule has 10 nitrogen and oxygen atoms in total. The number of hydrogen-bond donors (Lipinski definition) is 2. The molecule has 0 aromatic heterocycles. The van der Waals surface area contributed by atoms with E-state index in [-0.39, 0.29) is 50.6 Å². The first-order chi connectivity index (χ1) is 20.4. The number of anilines is 1. The van der Waals surface area contributed by atoms with Crippen molar-refractivity contribution >= 4 is 27.6 Å². The molecule has 0 radical (unpaired) electrons. The Balaban J connectivity index is 1.69. The van der Waals surface area contributed by atoms with E-state index in [1.165, 1.54) is 6.07 Å². The van der Waals surface area contributed by atoms with E-state index in [4.69, 9.17) is 9.47 Å². The number of hydrogen-bond acceptors (Lipinski definition) is 7. The van der Waals surface area contributed by atoms with E-state index in [2.05, 4.69) is 18.6 Å². The van der Waals surface area contributed by atoms with Crippen molar-refractivity contribution in [2.24, 2.45) is 5.92 Å². The van der Waals surface area contributed by atoms with Crippen molar-refractivity contribution in [1.82, 2.24) is 9.62 Å². The second kappa shape index (κ2) is 14.0. The maximum absolute atomic E-state index is 14.2. The first-order valence-corrected chi connectivity index (χ1v) is 16.7. The van der Waals surface area contributed by atoms with Crippen molar-refractivity contribution < 1.29 is 37.0 Å². The Morgan fingerprint density at radius 1 is 1.12 bits per heavy atom. The quantitative estimate of drug-likeness (QED) is 0.321. The molecule has 1 fully saturated rings. The molecule has 2 aromatic rings. The molecule has 2 N–H and O–H groups in total. The average Bonchev–Trinajstić information content (AvgIpc) is 3.55. The molecule has 3 atom stereocenters. The van der Waals surface area contributed by atoms with Gasteiger partial charge in [0.25, 0.3) is 0 Å². The number of likely N-dealkylation sites (tertiary alicyclic amines) is 1. The van der Waals surface area contributed by atoms with Crippen molar-refractivity contribution in [3.05, 3.63) is 53.3 Å². The number of amides is 1.